The van der Waals surface area contributed by atoms with Gasteiger partial charge in [-0.3, -0.25) is 4.79 Å². The van der Waals surface area contributed by atoms with Gasteiger partial charge in [-0.25, -0.2) is 0 Å². The van der Waals surface area contributed by atoms with Gasteiger partial charge in [0.15, 0.2) is 0 Å². The highest BCUT2D eigenvalue weighted by Gasteiger charge is 2.09. The summed E-state index contributed by atoms with van der Waals surface area (Å²) in [5.41, 5.74) is 1.39. The summed E-state index contributed by atoms with van der Waals surface area (Å²) < 4.78 is 0. The molecular weight excluding hydrogens is 186 g/mol. The van der Waals surface area contributed by atoms with E-state index in [1.54, 1.807) is 0 Å². The second kappa shape index (κ2) is 6.65. The average molecular weight is 209 g/mol. The molecule has 1 unspecified atom stereocenters. The molecule has 2 nitrogen and oxygen atoms in total. The number of carbonyl (C=O) groups is 1. The van der Waals surface area contributed by atoms with E-state index in [2.05, 4.69) is 19.2 Å². The van der Waals surface area contributed by atoms with Crippen molar-refractivity contribution >= 4 is 5.91 Å². The van der Waals surface area contributed by atoms with Crippen molar-refractivity contribution in [3.05, 3.63) is 11.8 Å². The highest BCUT2D eigenvalue weighted by Crippen LogP contribution is 2.24. The fourth-order valence-corrected chi connectivity index (χ4v) is 1.79. The van der Waals surface area contributed by atoms with Crippen LogP contribution in [0.4, 0.5) is 0 Å². The first-order valence-corrected chi connectivity index (χ1v) is 6.19. The first kappa shape index (κ1) is 12.3. The van der Waals surface area contributed by atoms with Crippen LogP contribution in [0.1, 0.15) is 58.8 Å². The summed E-state index contributed by atoms with van der Waals surface area (Å²) in [6.45, 7) is 4.42. The maximum absolute atomic E-state index is 11.4. The molecule has 0 radical (unpaired) electrons. The maximum Gasteiger partial charge on any atom is 0.223 e. The molecule has 2 heteroatoms. The summed E-state index contributed by atoms with van der Waals surface area (Å²) in [6, 6.07) is 0. The summed E-state index contributed by atoms with van der Waals surface area (Å²) in [6.07, 6.45) is 9.68. The zero-order chi connectivity index (χ0) is 11.1. The highest BCUT2D eigenvalue weighted by molar-refractivity contribution is 5.76. The smallest absolute Gasteiger partial charge is 0.223 e. The number of hydrogen-bond acceptors (Lipinski definition) is 1. The maximum atomic E-state index is 11.4. The second-order valence-electron chi connectivity index (χ2n) is 4.66. The summed E-state index contributed by atoms with van der Waals surface area (Å²) in [4.78, 5) is 11.4. The van der Waals surface area contributed by atoms with Gasteiger partial charge in [-0.2, -0.15) is 0 Å². The van der Waals surface area contributed by atoms with Crippen LogP contribution in [-0.4, -0.2) is 5.91 Å². The summed E-state index contributed by atoms with van der Waals surface area (Å²) in [5.74, 6) is 0.856. The van der Waals surface area contributed by atoms with Gasteiger partial charge in [0.1, 0.15) is 0 Å². The molecule has 1 amide bonds. The second-order valence-corrected chi connectivity index (χ2v) is 4.66. The van der Waals surface area contributed by atoms with Gasteiger partial charge in [0, 0.05) is 12.6 Å². The minimum atomic E-state index is 0.178. The molecule has 0 saturated heterocycles. The van der Waals surface area contributed by atoms with Crippen molar-refractivity contribution in [2.45, 2.75) is 58.8 Å². The molecule has 0 heterocycles. The predicted molar refractivity (Wildman–Crippen MR) is 63.4 cm³/mol. The molecule has 1 rings (SSSR count). The molecule has 0 aromatic rings. The Morgan fingerprint density at radius 3 is 2.73 bits per heavy atom. The van der Waals surface area contributed by atoms with E-state index < -0.39 is 0 Å². The van der Waals surface area contributed by atoms with Crippen molar-refractivity contribution in [1.29, 1.82) is 0 Å². The van der Waals surface area contributed by atoms with Crippen LogP contribution in [0.15, 0.2) is 11.8 Å². The normalized spacial score (nSPS) is 16.8. The van der Waals surface area contributed by atoms with Crippen LogP contribution in [0.3, 0.4) is 0 Å². The molecule has 0 spiro atoms. The average Bonchev–Trinajstić information content (AvgIpc) is 2.13. The largest absolute Gasteiger partial charge is 0.333 e. The predicted octanol–water partition coefficient (Wildman–Crippen LogP) is 3.39. The third kappa shape index (κ3) is 5.01. The molecule has 0 aromatic heterocycles. The Morgan fingerprint density at radius 2 is 2.20 bits per heavy atom. The van der Waals surface area contributed by atoms with Gasteiger partial charge < -0.3 is 5.32 Å². The molecular formula is C13H23NO. The van der Waals surface area contributed by atoms with E-state index in [9.17, 15) is 4.79 Å². The first-order chi connectivity index (χ1) is 7.22. The fraction of sp³-hybridized carbons (Fsp3) is 0.769. The molecule has 1 aliphatic rings. The first-order valence-electron chi connectivity index (χ1n) is 6.19. The van der Waals surface area contributed by atoms with Gasteiger partial charge in [-0.05, 0) is 31.6 Å². The lowest BCUT2D eigenvalue weighted by atomic mass is 9.93. The topological polar surface area (TPSA) is 29.1 Å². The van der Waals surface area contributed by atoms with Crippen molar-refractivity contribution in [2.75, 3.05) is 0 Å². The van der Waals surface area contributed by atoms with Gasteiger partial charge >= 0.3 is 0 Å². The molecule has 1 saturated carbocycles. The minimum Gasteiger partial charge on any atom is -0.333 e. The Labute approximate surface area is 93.1 Å². The van der Waals surface area contributed by atoms with E-state index in [4.69, 9.17) is 0 Å². The summed E-state index contributed by atoms with van der Waals surface area (Å²) >= 11 is 0. The third-order valence-corrected chi connectivity index (χ3v) is 3.08. The standard InChI is InChI=1S/C13H23NO/c1-3-5-11(2)8-9-13(15)14-10-12-6-4-7-12/h10-11H,3-9H2,1-2H3,(H,14,15). The van der Waals surface area contributed by atoms with E-state index in [0.717, 1.165) is 6.42 Å². The van der Waals surface area contributed by atoms with Crippen LogP contribution in [0.5, 0.6) is 0 Å². The van der Waals surface area contributed by atoms with Gasteiger partial charge in [0.05, 0.1) is 0 Å². The highest BCUT2D eigenvalue weighted by atomic mass is 16.1. The molecule has 1 atom stereocenters. The lowest BCUT2D eigenvalue weighted by Gasteiger charge is -2.16. The third-order valence-electron chi connectivity index (χ3n) is 3.08. The van der Waals surface area contributed by atoms with E-state index >= 15 is 0 Å². The Kier molecular flexibility index (Phi) is 5.44. The number of allylic oxidation sites excluding steroid dienone is 1. The molecule has 1 fully saturated rings. The van der Waals surface area contributed by atoms with Gasteiger partial charge in [-0.1, -0.05) is 32.3 Å². The van der Waals surface area contributed by atoms with Crippen LogP contribution in [0.2, 0.25) is 0 Å². The van der Waals surface area contributed by atoms with Crippen LogP contribution >= 0.6 is 0 Å². The Balaban J connectivity index is 2.07. The Bertz CT molecular complexity index is 227. The minimum absolute atomic E-state index is 0.178. The van der Waals surface area contributed by atoms with Crippen molar-refractivity contribution in [3.63, 3.8) is 0 Å². The Morgan fingerprint density at radius 1 is 1.47 bits per heavy atom. The Hall–Kier alpha value is -0.790. The SMILES string of the molecule is CCCC(C)CCC(=O)NC=C1CCC1. The van der Waals surface area contributed by atoms with E-state index in [-0.39, 0.29) is 5.91 Å². The number of hydrogen-bond donors (Lipinski definition) is 1. The van der Waals surface area contributed by atoms with Gasteiger partial charge in [0.25, 0.3) is 0 Å². The van der Waals surface area contributed by atoms with Crippen LogP contribution < -0.4 is 5.32 Å². The quantitative estimate of drug-likeness (QED) is 0.714. The molecule has 15 heavy (non-hydrogen) atoms. The van der Waals surface area contributed by atoms with E-state index in [1.807, 2.05) is 6.20 Å². The molecule has 0 aliphatic heterocycles. The zero-order valence-electron chi connectivity index (χ0n) is 10.0. The lowest BCUT2D eigenvalue weighted by Crippen LogP contribution is -2.19. The fourth-order valence-electron chi connectivity index (χ4n) is 1.79. The number of nitrogens with one attached hydrogen (secondary N) is 1. The van der Waals surface area contributed by atoms with Crippen LogP contribution in [0, 0.1) is 5.92 Å². The summed E-state index contributed by atoms with van der Waals surface area (Å²) in [5, 5.41) is 2.88. The molecule has 1 aliphatic carbocycles. The van der Waals surface area contributed by atoms with Gasteiger partial charge in [0.2, 0.25) is 5.91 Å². The molecule has 86 valence electrons. The molecule has 0 aromatic carbocycles. The van der Waals surface area contributed by atoms with Crippen LogP contribution in [-0.2, 0) is 4.79 Å². The van der Waals surface area contributed by atoms with E-state index in [0.29, 0.717) is 12.3 Å². The van der Waals surface area contributed by atoms with Gasteiger partial charge in [-0.15, -0.1) is 0 Å². The molecule has 0 bridgehead atoms. The van der Waals surface area contributed by atoms with Crippen molar-refractivity contribution < 1.29 is 4.79 Å². The van der Waals surface area contributed by atoms with Crippen molar-refractivity contribution in [2.24, 2.45) is 5.92 Å². The number of rotatable bonds is 6. The number of carbonyl (C=O) groups excluding carboxylic acids is 1. The zero-order valence-corrected chi connectivity index (χ0v) is 10.0. The van der Waals surface area contributed by atoms with Crippen molar-refractivity contribution in [3.8, 4) is 0 Å². The number of amides is 1. The summed E-state index contributed by atoms with van der Waals surface area (Å²) in [7, 11) is 0. The van der Waals surface area contributed by atoms with E-state index in [1.165, 1.54) is 37.7 Å². The molecule has 1 N–H and O–H groups in total. The van der Waals surface area contributed by atoms with Crippen LogP contribution in [0.25, 0.3) is 0 Å². The monoisotopic (exact) mass is 209 g/mol. The van der Waals surface area contributed by atoms with Crippen molar-refractivity contribution in [1.82, 2.24) is 5.32 Å². The lowest BCUT2D eigenvalue weighted by molar-refractivity contribution is -0.120.